The van der Waals surface area contributed by atoms with Gasteiger partial charge in [-0.3, -0.25) is 4.98 Å². The van der Waals surface area contributed by atoms with E-state index in [1.807, 2.05) is 36.4 Å². The first kappa shape index (κ1) is 15.1. The van der Waals surface area contributed by atoms with Gasteiger partial charge >= 0.3 is 0 Å². The topological polar surface area (TPSA) is 25.8 Å². The van der Waals surface area contributed by atoms with Crippen molar-refractivity contribution in [3.05, 3.63) is 82.8 Å². The van der Waals surface area contributed by atoms with Crippen molar-refractivity contribution in [2.45, 2.75) is 0 Å². The lowest BCUT2D eigenvalue weighted by molar-refractivity contribution is 1.29. The third kappa shape index (κ3) is 2.96. The number of aromatic nitrogens is 2. The molecule has 0 amide bonds. The van der Waals surface area contributed by atoms with E-state index in [1.165, 1.54) is 5.56 Å². The molecule has 4 rings (SSSR count). The van der Waals surface area contributed by atoms with E-state index in [9.17, 15) is 0 Å². The highest BCUT2D eigenvalue weighted by Gasteiger charge is 2.11. The van der Waals surface area contributed by atoms with Gasteiger partial charge in [0, 0.05) is 28.5 Å². The molecule has 4 aromatic rings. The van der Waals surface area contributed by atoms with Gasteiger partial charge in [0.15, 0.2) is 0 Å². The number of pyridine rings is 2. The zero-order valence-corrected chi connectivity index (χ0v) is 14.3. The van der Waals surface area contributed by atoms with Crippen molar-refractivity contribution in [2.24, 2.45) is 0 Å². The van der Waals surface area contributed by atoms with E-state index in [4.69, 9.17) is 16.6 Å². The van der Waals surface area contributed by atoms with Crippen molar-refractivity contribution < 1.29 is 0 Å². The van der Waals surface area contributed by atoms with Crippen LogP contribution in [0.25, 0.3) is 33.6 Å². The number of thiophene rings is 1. The molecule has 0 spiro atoms. The van der Waals surface area contributed by atoms with Gasteiger partial charge in [0.2, 0.25) is 0 Å². The summed E-state index contributed by atoms with van der Waals surface area (Å²) in [4.78, 5) is 8.93. The molecule has 1 aromatic carbocycles. The summed E-state index contributed by atoms with van der Waals surface area (Å²) in [5.74, 6) is 0. The lowest BCUT2D eigenvalue weighted by atomic mass is 10.0. The van der Waals surface area contributed by atoms with Gasteiger partial charge in [-0.15, -0.1) is 0 Å². The van der Waals surface area contributed by atoms with Gasteiger partial charge in [-0.25, -0.2) is 4.98 Å². The van der Waals surface area contributed by atoms with Crippen molar-refractivity contribution in [2.75, 3.05) is 0 Å². The summed E-state index contributed by atoms with van der Waals surface area (Å²) >= 11 is 8.07. The number of rotatable bonds is 3. The van der Waals surface area contributed by atoms with Crippen molar-refractivity contribution in [1.82, 2.24) is 9.97 Å². The molecule has 0 aliphatic rings. The maximum Gasteiger partial charge on any atom is 0.0730 e. The maximum atomic E-state index is 6.39. The summed E-state index contributed by atoms with van der Waals surface area (Å²) in [5.41, 5.74) is 6.08. The van der Waals surface area contributed by atoms with Crippen LogP contribution >= 0.6 is 22.9 Å². The highest BCUT2D eigenvalue weighted by atomic mass is 35.5. The Morgan fingerprint density at radius 2 is 1.58 bits per heavy atom. The molecule has 0 radical (unpaired) electrons. The van der Waals surface area contributed by atoms with Crippen LogP contribution < -0.4 is 0 Å². The number of hydrogen-bond acceptors (Lipinski definition) is 3. The van der Waals surface area contributed by atoms with Crippen LogP contribution in [0.4, 0.5) is 0 Å². The molecule has 0 unspecified atom stereocenters. The molecule has 0 saturated carbocycles. The van der Waals surface area contributed by atoms with Gasteiger partial charge in [-0.1, -0.05) is 29.8 Å². The van der Waals surface area contributed by atoms with Gasteiger partial charge in [-0.2, -0.15) is 11.3 Å². The molecule has 3 aromatic heterocycles. The minimum Gasteiger partial charge on any atom is -0.265 e. The first-order valence-corrected chi connectivity index (χ1v) is 8.83. The molecular weight excluding hydrogens is 336 g/mol. The average Bonchev–Trinajstić information content (AvgIpc) is 3.17. The van der Waals surface area contributed by atoms with Gasteiger partial charge in [0.25, 0.3) is 0 Å². The normalized spacial score (nSPS) is 10.7. The number of hydrogen-bond donors (Lipinski definition) is 0. The second-order valence-corrected chi connectivity index (χ2v) is 6.54. The average molecular weight is 349 g/mol. The summed E-state index contributed by atoms with van der Waals surface area (Å²) in [7, 11) is 0. The molecule has 116 valence electrons. The van der Waals surface area contributed by atoms with E-state index in [0.29, 0.717) is 5.02 Å². The van der Waals surface area contributed by atoms with Crippen LogP contribution in [0.1, 0.15) is 0 Å². The summed E-state index contributed by atoms with van der Waals surface area (Å²) in [5, 5.41) is 4.92. The Hall–Kier alpha value is -2.49. The summed E-state index contributed by atoms with van der Waals surface area (Å²) in [6.07, 6.45) is 3.56. The Morgan fingerprint density at radius 1 is 0.792 bits per heavy atom. The number of halogens is 1. The molecule has 24 heavy (non-hydrogen) atoms. The van der Waals surface area contributed by atoms with E-state index < -0.39 is 0 Å². The first-order valence-electron chi connectivity index (χ1n) is 7.51. The fourth-order valence-electron chi connectivity index (χ4n) is 2.60. The highest BCUT2D eigenvalue weighted by molar-refractivity contribution is 7.08. The smallest absolute Gasteiger partial charge is 0.0730 e. The van der Waals surface area contributed by atoms with Crippen LogP contribution in [0.5, 0.6) is 0 Å². The Labute approximate surface area is 149 Å². The van der Waals surface area contributed by atoms with Crippen molar-refractivity contribution >= 4 is 22.9 Å². The lowest BCUT2D eigenvalue weighted by Crippen LogP contribution is -1.91. The van der Waals surface area contributed by atoms with Crippen molar-refractivity contribution in [1.29, 1.82) is 0 Å². The Morgan fingerprint density at radius 3 is 2.33 bits per heavy atom. The Bertz CT molecular complexity index is 966. The zero-order valence-electron chi connectivity index (χ0n) is 12.7. The number of benzene rings is 1. The molecule has 3 heterocycles. The van der Waals surface area contributed by atoms with E-state index in [2.05, 4.69) is 33.9 Å². The fraction of sp³-hybridized carbons (Fsp3) is 0. The predicted octanol–water partition coefficient (Wildman–Crippen LogP) is 6.19. The predicted molar refractivity (Wildman–Crippen MR) is 101 cm³/mol. The molecule has 0 aliphatic heterocycles. The second-order valence-electron chi connectivity index (χ2n) is 5.35. The molecule has 2 nitrogen and oxygen atoms in total. The fourth-order valence-corrected chi connectivity index (χ4v) is 3.50. The molecule has 0 atom stereocenters. The van der Waals surface area contributed by atoms with E-state index in [1.54, 1.807) is 23.7 Å². The molecule has 0 saturated heterocycles. The summed E-state index contributed by atoms with van der Waals surface area (Å²) in [6.45, 7) is 0. The largest absolute Gasteiger partial charge is 0.265 e. The standard InChI is InChI=1S/C20H13ClN2S/c21-18-4-2-1-3-17(18)20-12-16(15-7-10-24-13-15)11-19(23-20)14-5-8-22-9-6-14/h1-13H. The van der Waals surface area contributed by atoms with Gasteiger partial charge in [-0.05, 0) is 58.3 Å². The Kier molecular flexibility index (Phi) is 4.11. The van der Waals surface area contributed by atoms with Crippen LogP contribution in [0.2, 0.25) is 5.02 Å². The Balaban J connectivity index is 1.94. The molecule has 0 bridgehead atoms. The molecule has 0 N–H and O–H groups in total. The van der Waals surface area contributed by atoms with E-state index in [-0.39, 0.29) is 0 Å². The summed E-state index contributed by atoms with van der Waals surface area (Å²) < 4.78 is 0. The third-order valence-electron chi connectivity index (χ3n) is 3.81. The zero-order chi connectivity index (χ0) is 16.4. The molecule has 4 heteroatoms. The van der Waals surface area contributed by atoms with Crippen molar-refractivity contribution in [3.8, 4) is 33.6 Å². The highest BCUT2D eigenvalue weighted by Crippen LogP contribution is 2.33. The quantitative estimate of drug-likeness (QED) is 0.441. The minimum absolute atomic E-state index is 0.702. The van der Waals surface area contributed by atoms with Crippen LogP contribution in [0.3, 0.4) is 0 Å². The van der Waals surface area contributed by atoms with Crippen LogP contribution in [-0.4, -0.2) is 9.97 Å². The molecule has 0 aliphatic carbocycles. The second kappa shape index (κ2) is 6.56. The van der Waals surface area contributed by atoms with Crippen LogP contribution in [0, 0.1) is 0 Å². The third-order valence-corrected chi connectivity index (χ3v) is 4.82. The van der Waals surface area contributed by atoms with Crippen LogP contribution in [-0.2, 0) is 0 Å². The number of nitrogens with zero attached hydrogens (tertiary/aromatic N) is 2. The molecule has 0 fully saturated rings. The van der Waals surface area contributed by atoms with Crippen molar-refractivity contribution in [3.63, 3.8) is 0 Å². The van der Waals surface area contributed by atoms with Gasteiger partial charge in [0.1, 0.15) is 0 Å². The minimum atomic E-state index is 0.702. The van der Waals surface area contributed by atoms with Gasteiger partial charge in [0.05, 0.1) is 11.4 Å². The van der Waals surface area contributed by atoms with Gasteiger partial charge < -0.3 is 0 Å². The lowest BCUT2D eigenvalue weighted by Gasteiger charge is -2.10. The maximum absolute atomic E-state index is 6.39. The monoisotopic (exact) mass is 348 g/mol. The van der Waals surface area contributed by atoms with Crippen LogP contribution in [0.15, 0.2) is 77.8 Å². The summed E-state index contributed by atoms with van der Waals surface area (Å²) in [6, 6.07) is 18.1. The first-order chi connectivity index (χ1) is 11.8. The SMILES string of the molecule is Clc1ccccc1-c1cc(-c2ccsc2)cc(-c2ccncc2)n1. The molecular formula is C20H13ClN2S. The van der Waals surface area contributed by atoms with E-state index >= 15 is 0 Å². The van der Waals surface area contributed by atoms with E-state index in [0.717, 1.165) is 28.1 Å².